The maximum atomic E-state index is 11.2. The number of nitrogens with zero attached hydrogens (tertiary/aromatic N) is 2. The second kappa shape index (κ2) is 5.14. The Morgan fingerprint density at radius 2 is 2.43 bits per heavy atom. The number of halogens is 1. The largest absolute Gasteiger partial charge is 0.335 e. The summed E-state index contributed by atoms with van der Waals surface area (Å²) in [6.45, 7) is 4.95. The molecule has 0 radical (unpaired) electrons. The number of carbonyl (C=O) groups excluding carboxylic acids is 1. The number of carbonyl (C=O) groups is 1. The molecule has 0 aliphatic heterocycles. The Morgan fingerprint density at radius 3 is 2.86 bits per heavy atom. The molecule has 1 aromatic heterocycles. The van der Waals surface area contributed by atoms with Gasteiger partial charge in [-0.25, -0.2) is 4.98 Å². The zero-order chi connectivity index (χ0) is 10.6. The highest BCUT2D eigenvalue weighted by Crippen LogP contribution is 2.07. The molecule has 0 unspecified atom stereocenters. The van der Waals surface area contributed by atoms with Gasteiger partial charge < -0.3 is 9.88 Å². The molecule has 1 aromatic rings. The van der Waals surface area contributed by atoms with Crippen molar-refractivity contribution in [3.8, 4) is 0 Å². The van der Waals surface area contributed by atoms with E-state index in [0.717, 1.165) is 23.4 Å². The van der Waals surface area contributed by atoms with Gasteiger partial charge in [0.2, 0.25) is 5.91 Å². The van der Waals surface area contributed by atoms with Gasteiger partial charge in [0.15, 0.2) is 0 Å². The molecule has 1 N–H and O–H groups in total. The van der Waals surface area contributed by atoms with Crippen LogP contribution in [0.1, 0.15) is 26.1 Å². The summed E-state index contributed by atoms with van der Waals surface area (Å²) in [5.74, 6) is 0.889. The van der Waals surface area contributed by atoms with Crippen molar-refractivity contribution in [2.75, 3.05) is 6.54 Å². The molecule has 0 saturated heterocycles. The first-order valence-electron chi connectivity index (χ1n) is 4.58. The van der Waals surface area contributed by atoms with Crippen molar-refractivity contribution in [3.05, 3.63) is 16.6 Å². The number of imidazole rings is 1. The van der Waals surface area contributed by atoms with Crippen LogP contribution in [-0.4, -0.2) is 27.3 Å². The fourth-order valence-electron chi connectivity index (χ4n) is 1.22. The lowest BCUT2D eigenvalue weighted by atomic mass is 10.4. The van der Waals surface area contributed by atoms with Gasteiger partial charge in [-0.1, -0.05) is 6.92 Å². The van der Waals surface area contributed by atoms with Gasteiger partial charge in [0.25, 0.3) is 0 Å². The lowest BCUT2D eigenvalue weighted by molar-refractivity contribution is -0.129. The van der Waals surface area contributed by atoms with E-state index in [9.17, 15) is 4.79 Å². The number of rotatable bonds is 4. The summed E-state index contributed by atoms with van der Waals surface area (Å²) < 4.78 is 0.840. The number of hydrogen-bond donors (Lipinski definition) is 1. The van der Waals surface area contributed by atoms with E-state index >= 15 is 0 Å². The Kier molecular flexibility index (Phi) is 4.13. The Bertz CT molecular complexity index is 311. The quantitative estimate of drug-likeness (QED) is 0.899. The molecule has 0 fully saturated rings. The van der Waals surface area contributed by atoms with Gasteiger partial charge in [-0.05, 0) is 22.4 Å². The van der Waals surface area contributed by atoms with Crippen molar-refractivity contribution in [1.82, 2.24) is 14.9 Å². The summed E-state index contributed by atoms with van der Waals surface area (Å²) in [6, 6.07) is 0. The molecule has 0 aromatic carbocycles. The fraction of sp³-hybridized carbons (Fsp3) is 0.556. The molecule has 1 heterocycles. The maximum absolute atomic E-state index is 11.2. The van der Waals surface area contributed by atoms with Crippen LogP contribution in [0.5, 0.6) is 0 Å². The van der Waals surface area contributed by atoms with Gasteiger partial charge in [-0.3, -0.25) is 4.79 Å². The Morgan fingerprint density at radius 1 is 1.71 bits per heavy atom. The predicted octanol–water partition coefficient (Wildman–Crippen LogP) is 1.93. The first kappa shape index (κ1) is 11.2. The van der Waals surface area contributed by atoms with E-state index in [1.165, 1.54) is 0 Å². The first-order chi connectivity index (χ1) is 6.63. The van der Waals surface area contributed by atoms with Crippen LogP contribution in [0.4, 0.5) is 0 Å². The minimum Gasteiger partial charge on any atom is -0.335 e. The number of hydrogen-bond acceptors (Lipinski definition) is 2. The summed E-state index contributed by atoms with van der Waals surface area (Å²) in [5.41, 5.74) is 0. The second-order valence-corrected chi connectivity index (χ2v) is 3.97. The molecule has 5 heteroatoms. The van der Waals surface area contributed by atoms with E-state index in [2.05, 4.69) is 25.9 Å². The Hall–Kier alpha value is -0.840. The van der Waals surface area contributed by atoms with Crippen molar-refractivity contribution in [1.29, 1.82) is 0 Å². The predicted molar refractivity (Wildman–Crippen MR) is 57.7 cm³/mol. The van der Waals surface area contributed by atoms with Crippen LogP contribution in [0, 0.1) is 0 Å². The van der Waals surface area contributed by atoms with E-state index < -0.39 is 0 Å². The smallest absolute Gasteiger partial charge is 0.219 e. The lowest BCUT2D eigenvalue weighted by Gasteiger charge is -2.18. The monoisotopic (exact) mass is 259 g/mol. The fourth-order valence-corrected chi connectivity index (χ4v) is 1.55. The summed E-state index contributed by atoms with van der Waals surface area (Å²) in [7, 11) is 0. The van der Waals surface area contributed by atoms with Gasteiger partial charge >= 0.3 is 0 Å². The third kappa shape index (κ3) is 3.14. The molecule has 78 valence electrons. The van der Waals surface area contributed by atoms with Gasteiger partial charge in [0.1, 0.15) is 10.4 Å². The van der Waals surface area contributed by atoms with Crippen molar-refractivity contribution in [3.63, 3.8) is 0 Å². The molecule has 0 atom stereocenters. The number of aromatic amines is 1. The summed E-state index contributed by atoms with van der Waals surface area (Å²) in [4.78, 5) is 20.1. The minimum absolute atomic E-state index is 0.0828. The molecule has 0 aliphatic rings. The molecule has 0 saturated carbocycles. The van der Waals surface area contributed by atoms with Crippen molar-refractivity contribution in [2.24, 2.45) is 0 Å². The average molecular weight is 260 g/mol. The lowest BCUT2D eigenvalue weighted by Crippen LogP contribution is -2.29. The Labute approximate surface area is 91.8 Å². The molecular formula is C9H14BrN3O. The van der Waals surface area contributed by atoms with E-state index in [4.69, 9.17) is 0 Å². The van der Waals surface area contributed by atoms with E-state index in [-0.39, 0.29) is 5.91 Å². The van der Waals surface area contributed by atoms with Gasteiger partial charge in [0.05, 0.1) is 12.7 Å². The first-order valence-corrected chi connectivity index (χ1v) is 5.37. The molecule has 0 spiro atoms. The van der Waals surface area contributed by atoms with Crippen molar-refractivity contribution < 1.29 is 4.79 Å². The maximum Gasteiger partial charge on any atom is 0.219 e. The third-order valence-corrected chi connectivity index (χ3v) is 2.28. The van der Waals surface area contributed by atoms with E-state index in [0.29, 0.717) is 6.54 Å². The van der Waals surface area contributed by atoms with Crippen LogP contribution in [0.3, 0.4) is 0 Å². The Balaban J connectivity index is 2.59. The SMILES string of the molecule is CCCN(Cc1ncc(Br)[nH]1)C(C)=O. The summed E-state index contributed by atoms with van der Waals surface area (Å²) in [5, 5.41) is 0. The average Bonchev–Trinajstić information content (AvgIpc) is 2.50. The van der Waals surface area contributed by atoms with Crippen molar-refractivity contribution >= 4 is 21.8 Å². The van der Waals surface area contributed by atoms with Crippen LogP contribution in [0.2, 0.25) is 0 Å². The van der Waals surface area contributed by atoms with E-state index in [1.807, 2.05) is 6.92 Å². The summed E-state index contributed by atoms with van der Waals surface area (Å²) >= 11 is 3.28. The van der Waals surface area contributed by atoms with Crippen molar-refractivity contribution in [2.45, 2.75) is 26.8 Å². The highest BCUT2D eigenvalue weighted by molar-refractivity contribution is 9.10. The van der Waals surface area contributed by atoms with Crippen LogP contribution in [-0.2, 0) is 11.3 Å². The second-order valence-electron chi connectivity index (χ2n) is 3.12. The highest BCUT2D eigenvalue weighted by atomic mass is 79.9. The van der Waals surface area contributed by atoms with Gasteiger partial charge in [0, 0.05) is 13.5 Å². The topological polar surface area (TPSA) is 49.0 Å². The molecule has 0 bridgehead atoms. The van der Waals surface area contributed by atoms with Gasteiger partial charge in [-0.15, -0.1) is 0 Å². The molecule has 4 nitrogen and oxygen atoms in total. The molecule has 1 rings (SSSR count). The van der Waals surface area contributed by atoms with Crippen LogP contribution in [0.25, 0.3) is 0 Å². The number of nitrogens with one attached hydrogen (secondary N) is 1. The highest BCUT2D eigenvalue weighted by Gasteiger charge is 2.09. The summed E-state index contributed by atoms with van der Waals surface area (Å²) in [6.07, 6.45) is 2.65. The molecular weight excluding hydrogens is 246 g/mol. The van der Waals surface area contributed by atoms with Crippen LogP contribution < -0.4 is 0 Å². The molecule has 1 amide bonds. The van der Waals surface area contributed by atoms with E-state index in [1.54, 1.807) is 18.0 Å². The molecule has 14 heavy (non-hydrogen) atoms. The third-order valence-electron chi connectivity index (χ3n) is 1.88. The molecule has 0 aliphatic carbocycles. The number of H-pyrrole nitrogens is 1. The zero-order valence-electron chi connectivity index (χ0n) is 8.38. The van der Waals surface area contributed by atoms with Crippen LogP contribution in [0.15, 0.2) is 10.8 Å². The zero-order valence-corrected chi connectivity index (χ0v) is 9.97. The normalized spacial score (nSPS) is 10.2. The van der Waals surface area contributed by atoms with Gasteiger partial charge in [-0.2, -0.15) is 0 Å². The van der Waals surface area contributed by atoms with Crippen LogP contribution >= 0.6 is 15.9 Å². The number of aromatic nitrogens is 2. The number of amides is 1. The minimum atomic E-state index is 0.0828. The standard InChI is InChI=1S/C9H14BrN3O/c1-3-4-13(7(2)14)6-9-11-5-8(10)12-9/h5H,3-4,6H2,1-2H3,(H,11,12).